The summed E-state index contributed by atoms with van der Waals surface area (Å²) in [6, 6.07) is 7.10. The van der Waals surface area contributed by atoms with Gasteiger partial charge >= 0.3 is 0 Å². The third-order valence-corrected chi connectivity index (χ3v) is 3.11. The Bertz CT molecular complexity index is 411. The quantitative estimate of drug-likeness (QED) is 0.703. The van der Waals surface area contributed by atoms with Crippen molar-refractivity contribution in [2.45, 2.75) is 18.6 Å². The summed E-state index contributed by atoms with van der Waals surface area (Å²) in [6.07, 6.45) is 0.555. The number of carbonyl (C=O) groups excluding carboxylic acids is 1. The molecule has 0 radical (unpaired) electrons. The summed E-state index contributed by atoms with van der Waals surface area (Å²) in [6.45, 7) is 1.49. The number of ether oxygens (including phenoxy) is 1. The van der Waals surface area contributed by atoms with E-state index in [-0.39, 0.29) is 19.1 Å². The molecular formula is C13H18N2O3. The molecule has 4 N–H and O–H groups in total. The Hall–Kier alpha value is -1.43. The molecule has 0 saturated carbocycles. The zero-order valence-corrected chi connectivity index (χ0v) is 10.2. The van der Waals surface area contributed by atoms with Crippen molar-refractivity contribution < 1.29 is 14.6 Å². The van der Waals surface area contributed by atoms with E-state index < -0.39 is 5.60 Å². The molecular weight excluding hydrogens is 232 g/mol. The standard InChI is InChI=1S/C13H18N2O3/c14-7-10-1-3-11(4-2-10)12(16)15-8-13(17)5-6-18-9-13/h1-4,17H,5-9,14H2,(H,15,16). The second kappa shape index (κ2) is 5.48. The summed E-state index contributed by atoms with van der Waals surface area (Å²) >= 11 is 0. The van der Waals surface area contributed by atoms with E-state index in [1.54, 1.807) is 12.1 Å². The maximum atomic E-state index is 11.8. The molecule has 5 nitrogen and oxygen atoms in total. The minimum Gasteiger partial charge on any atom is -0.386 e. The average molecular weight is 250 g/mol. The van der Waals surface area contributed by atoms with E-state index in [2.05, 4.69) is 5.32 Å². The van der Waals surface area contributed by atoms with Gasteiger partial charge in [0.1, 0.15) is 5.60 Å². The molecule has 1 amide bonds. The van der Waals surface area contributed by atoms with Gasteiger partial charge in [0.2, 0.25) is 0 Å². The minimum atomic E-state index is -0.924. The molecule has 1 aliphatic heterocycles. The zero-order valence-electron chi connectivity index (χ0n) is 10.2. The van der Waals surface area contributed by atoms with E-state index in [1.165, 1.54) is 0 Å². The average Bonchev–Trinajstić information content (AvgIpc) is 2.83. The van der Waals surface area contributed by atoms with Gasteiger partial charge in [0.15, 0.2) is 0 Å². The van der Waals surface area contributed by atoms with Crippen molar-refractivity contribution in [1.29, 1.82) is 0 Å². The smallest absolute Gasteiger partial charge is 0.251 e. The van der Waals surface area contributed by atoms with Crippen LogP contribution in [0.5, 0.6) is 0 Å². The summed E-state index contributed by atoms with van der Waals surface area (Å²) in [7, 11) is 0. The molecule has 18 heavy (non-hydrogen) atoms. The first-order valence-corrected chi connectivity index (χ1v) is 6.00. The van der Waals surface area contributed by atoms with Crippen LogP contribution >= 0.6 is 0 Å². The van der Waals surface area contributed by atoms with Gasteiger partial charge in [0.05, 0.1) is 6.61 Å². The van der Waals surface area contributed by atoms with E-state index in [0.717, 1.165) is 5.56 Å². The highest BCUT2D eigenvalue weighted by molar-refractivity contribution is 5.94. The molecule has 2 rings (SSSR count). The molecule has 1 heterocycles. The van der Waals surface area contributed by atoms with Crippen LogP contribution in [0.4, 0.5) is 0 Å². The second-order valence-electron chi connectivity index (χ2n) is 4.61. The maximum absolute atomic E-state index is 11.8. The molecule has 1 aromatic carbocycles. The maximum Gasteiger partial charge on any atom is 0.251 e. The molecule has 1 saturated heterocycles. The van der Waals surface area contributed by atoms with E-state index >= 15 is 0 Å². The van der Waals surface area contributed by atoms with Crippen LogP contribution in [0.25, 0.3) is 0 Å². The Morgan fingerprint density at radius 1 is 1.44 bits per heavy atom. The van der Waals surface area contributed by atoms with Crippen LogP contribution in [-0.2, 0) is 11.3 Å². The van der Waals surface area contributed by atoms with Crippen molar-refractivity contribution in [2.24, 2.45) is 5.73 Å². The van der Waals surface area contributed by atoms with Crippen LogP contribution in [0, 0.1) is 0 Å². The van der Waals surface area contributed by atoms with Crippen LogP contribution in [0.2, 0.25) is 0 Å². The van der Waals surface area contributed by atoms with E-state index in [0.29, 0.717) is 25.1 Å². The first kappa shape index (κ1) is 13.0. The molecule has 5 heteroatoms. The van der Waals surface area contributed by atoms with Gasteiger partial charge in [-0.2, -0.15) is 0 Å². The van der Waals surface area contributed by atoms with Crippen LogP contribution in [0.3, 0.4) is 0 Å². The van der Waals surface area contributed by atoms with Gasteiger partial charge in [0, 0.05) is 31.7 Å². The SMILES string of the molecule is NCc1ccc(C(=O)NCC2(O)CCOC2)cc1. The Morgan fingerprint density at radius 3 is 2.72 bits per heavy atom. The lowest BCUT2D eigenvalue weighted by molar-refractivity contribution is 0.0264. The lowest BCUT2D eigenvalue weighted by Gasteiger charge is -2.20. The van der Waals surface area contributed by atoms with Crippen LogP contribution in [-0.4, -0.2) is 36.4 Å². The highest BCUT2D eigenvalue weighted by Crippen LogP contribution is 2.17. The topological polar surface area (TPSA) is 84.6 Å². The van der Waals surface area contributed by atoms with Gasteiger partial charge in [-0.1, -0.05) is 12.1 Å². The number of aliphatic hydroxyl groups is 1. The third kappa shape index (κ3) is 3.07. The molecule has 0 aromatic heterocycles. The molecule has 98 valence electrons. The van der Waals surface area contributed by atoms with Gasteiger partial charge in [-0.3, -0.25) is 4.79 Å². The molecule has 1 atom stereocenters. The summed E-state index contributed by atoms with van der Waals surface area (Å²) in [4.78, 5) is 11.8. The minimum absolute atomic E-state index is 0.195. The number of amides is 1. The van der Waals surface area contributed by atoms with Crippen molar-refractivity contribution in [3.8, 4) is 0 Å². The van der Waals surface area contributed by atoms with Crippen molar-refractivity contribution in [1.82, 2.24) is 5.32 Å². The summed E-state index contributed by atoms with van der Waals surface area (Å²) in [5.74, 6) is -0.195. The van der Waals surface area contributed by atoms with Crippen LogP contribution in [0.15, 0.2) is 24.3 Å². The van der Waals surface area contributed by atoms with Crippen LogP contribution < -0.4 is 11.1 Å². The fourth-order valence-corrected chi connectivity index (χ4v) is 1.87. The highest BCUT2D eigenvalue weighted by Gasteiger charge is 2.32. The number of nitrogens with two attached hydrogens (primary N) is 1. The van der Waals surface area contributed by atoms with Gasteiger partial charge in [-0.25, -0.2) is 0 Å². The van der Waals surface area contributed by atoms with Crippen molar-refractivity contribution >= 4 is 5.91 Å². The van der Waals surface area contributed by atoms with E-state index in [1.807, 2.05) is 12.1 Å². The predicted octanol–water partition coefficient (Wildman–Crippen LogP) is 0.0265. The van der Waals surface area contributed by atoms with Gasteiger partial charge in [-0.15, -0.1) is 0 Å². The molecule has 1 unspecified atom stereocenters. The number of carbonyl (C=O) groups is 1. The highest BCUT2D eigenvalue weighted by atomic mass is 16.5. The Morgan fingerprint density at radius 2 is 2.17 bits per heavy atom. The number of hydrogen-bond acceptors (Lipinski definition) is 4. The lowest BCUT2D eigenvalue weighted by atomic mass is 10.0. The lowest BCUT2D eigenvalue weighted by Crippen LogP contribution is -2.43. The van der Waals surface area contributed by atoms with Gasteiger partial charge < -0.3 is 20.9 Å². The molecule has 1 aromatic rings. The van der Waals surface area contributed by atoms with E-state index in [4.69, 9.17) is 10.5 Å². The Kier molecular flexibility index (Phi) is 3.96. The Balaban J connectivity index is 1.90. The molecule has 1 fully saturated rings. The zero-order chi connectivity index (χ0) is 13.0. The second-order valence-corrected chi connectivity index (χ2v) is 4.61. The monoisotopic (exact) mass is 250 g/mol. The fourth-order valence-electron chi connectivity index (χ4n) is 1.87. The number of rotatable bonds is 4. The first-order chi connectivity index (χ1) is 8.63. The number of benzene rings is 1. The summed E-state index contributed by atoms with van der Waals surface area (Å²) in [5.41, 5.74) is 6.11. The van der Waals surface area contributed by atoms with Gasteiger partial charge in [0.25, 0.3) is 5.91 Å². The van der Waals surface area contributed by atoms with Crippen LogP contribution in [0.1, 0.15) is 22.3 Å². The first-order valence-electron chi connectivity index (χ1n) is 6.00. The van der Waals surface area contributed by atoms with Crippen molar-refractivity contribution in [2.75, 3.05) is 19.8 Å². The van der Waals surface area contributed by atoms with E-state index in [9.17, 15) is 9.90 Å². The molecule has 1 aliphatic rings. The molecule has 0 spiro atoms. The predicted molar refractivity (Wildman–Crippen MR) is 67.1 cm³/mol. The van der Waals surface area contributed by atoms with Gasteiger partial charge in [-0.05, 0) is 17.7 Å². The molecule has 0 bridgehead atoms. The Labute approximate surface area is 106 Å². The largest absolute Gasteiger partial charge is 0.386 e. The number of nitrogens with one attached hydrogen (secondary N) is 1. The molecule has 0 aliphatic carbocycles. The summed E-state index contributed by atoms with van der Waals surface area (Å²) < 4.78 is 5.11. The van der Waals surface area contributed by atoms with Crippen molar-refractivity contribution in [3.05, 3.63) is 35.4 Å². The van der Waals surface area contributed by atoms with Crippen molar-refractivity contribution in [3.63, 3.8) is 0 Å². The third-order valence-electron chi connectivity index (χ3n) is 3.11. The fraction of sp³-hybridized carbons (Fsp3) is 0.462. The summed E-state index contributed by atoms with van der Waals surface area (Å²) in [5, 5.41) is 12.7. The number of hydrogen-bond donors (Lipinski definition) is 3. The normalized spacial score (nSPS) is 23.0.